The van der Waals surface area contributed by atoms with Crippen LogP contribution in [-0.2, 0) is 0 Å². The van der Waals surface area contributed by atoms with E-state index in [1.54, 1.807) is 7.05 Å². The van der Waals surface area contributed by atoms with Gasteiger partial charge in [0.15, 0.2) is 0 Å². The summed E-state index contributed by atoms with van der Waals surface area (Å²) in [6.07, 6.45) is 0. The minimum Gasteiger partial charge on any atom is -0.409 e. The fraction of sp³-hybridized carbons (Fsp3) is 0.800. The van der Waals surface area contributed by atoms with Crippen molar-refractivity contribution in [2.75, 3.05) is 7.05 Å². The maximum Gasteiger partial charge on any atom is 0.144 e. The highest BCUT2D eigenvalue weighted by Crippen LogP contribution is 1.90. The van der Waals surface area contributed by atoms with Gasteiger partial charge in [0, 0.05) is 13.0 Å². The predicted molar refractivity (Wildman–Crippen MR) is 33.1 cm³/mol. The third-order valence-electron chi connectivity index (χ3n) is 0.911. The van der Waals surface area contributed by atoms with Gasteiger partial charge in [-0.25, -0.2) is 0 Å². The highest BCUT2D eigenvalue weighted by Gasteiger charge is 1.99. The van der Waals surface area contributed by atoms with Crippen molar-refractivity contribution in [2.45, 2.75) is 13.8 Å². The lowest BCUT2D eigenvalue weighted by Gasteiger charge is -2.04. The fourth-order valence-corrected chi connectivity index (χ4v) is 0.454. The number of rotatable bonds is 1. The minimum atomic E-state index is 0.269. The third kappa shape index (κ3) is 1.82. The number of amidine groups is 1. The molecule has 0 heterocycles. The molecule has 3 heteroatoms. The molecule has 0 aliphatic carbocycles. The van der Waals surface area contributed by atoms with Crippen LogP contribution in [0.1, 0.15) is 13.8 Å². The summed E-state index contributed by atoms with van der Waals surface area (Å²) in [5.41, 5.74) is 0. The molecule has 0 aliphatic rings. The standard InChI is InChI=1S/C5H12N2O/c1-4(2)5(6-3)7-8/h4,8H,1-3H3,(H,6,7). The monoisotopic (exact) mass is 116 g/mol. The number of hydrogen-bond donors (Lipinski definition) is 2. The van der Waals surface area contributed by atoms with Gasteiger partial charge in [-0.2, -0.15) is 0 Å². The van der Waals surface area contributed by atoms with E-state index in [1.165, 1.54) is 0 Å². The van der Waals surface area contributed by atoms with Crippen LogP contribution < -0.4 is 5.32 Å². The Bertz CT molecular complexity index is 88.4. The van der Waals surface area contributed by atoms with E-state index < -0.39 is 0 Å². The summed E-state index contributed by atoms with van der Waals surface area (Å²) in [6, 6.07) is 0. The maximum atomic E-state index is 8.22. The first kappa shape index (κ1) is 7.27. The Kier molecular flexibility index (Phi) is 2.99. The molecule has 0 aromatic rings. The van der Waals surface area contributed by atoms with Crippen molar-refractivity contribution in [3.8, 4) is 0 Å². The van der Waals surface area contributed by atoms with Gasteiger partial charge in [-0.1, -0.05) is 19.0 Å². The lowest BCUT2D eigenvalue weighted by molar-refractivity contribution is 0.313. The van der Waals surface area contributed by atoms with Gasteiger partial charge in [0.2, 0.25) is 0 Å². The van der Waals surface area contributed by atoms with Gasteiger partial charge in [-0.05, 0) is 0 Å². The van der Waals surface area contributed by atoms with E-state index in [9.17, 15) is 0 Å². The van der Waals surface area contributed by atoms with Gasteiger partial charge in [0.25, 0.3) is 0 Å². The van der Waals surface area contributed by atoms with Crippen molar-refractivity contribution in [2.24, 2.45) is 11.1 Å². The summed E-state index contributed by atoms with van der Waals surface area (Å²) in [6.45, 7) is 3.90. The predicted octanol–water partition coefficient (Wildman–Crippen LogP) is 0.649. The van der Waals surface area contributed by atoms with E-state index in [1.807, 2.05) is 13.8 Å². The average molecular weight is 116 g/mol. The summed E-state index contributed by atoms with van der Waals surface area (Å²) in [7, 11) is 1.73. The van der Waals surface area contributed by atoms with E-state index in [-0.39, 0.29) is 5.92 Å². The van der Waals surface area contributed by atoms with Crippen molar-refractivity contribution < 1.29 is 5.21 Å². The molecule has 0 aromatic carbocycles. The Hall–Kier alpha value is -0.730. The molecular formula is C5H12N2O. The fourth-order valence-electron chi connectivity index (χ4n) is 0.454. The molecule has 0 rings (SSSR count). The van der Waals surface area contributed by atoms with Gasteiger partial charge < -0.3 is 10.5 Å². The Morgan fingerprint density at radius 2 is 2.12 bits per heavy atom. The largest absolute Gasteiger partial charge is 0.409 e. The molecule has 0 saturated heterocycles. The summed E-state index contributed by atoms with van der Waals surface area (Å²) < 4.78 is 0. The van der Waals surface area contributed by atoms with Crippen molar-refractivity contribution in [1.29, 1.82) is 0 Å². The number of oxime groups is 1. The number of nitrogens with one attached hydrogen (secondary N) is 1. The summed E-state index contributed by atoms with van der Waals surface area (Å²) >= 11 is 0. The molecule has 0 saturated carbocycles. The van der Waals surface area contributed by atoms with Crippen LogP contribution in [0.3, 0.4) is 0 Å². The molecule has 48 valence electrons. The molecule has 0 spiro atoms. The molecule has 0 fully saturated rings. The van der Waals surface area contributed by atoms with Gasteiger partial charge in [0.1, 0.15) is 5.84 Å². The smallest absolute Gasteiger partial charge is 0.144 e. The van der Waals surface area contributed by atoms with E-state index in [2.05, 4.69) is 10.5 Å². The van der Waals surface area contributed by atoms with Crippen molar-refractivity contribution in [3.63, 3.8) is 0 Å². The second-order valence-corrected chi connectivity index (χ2v) is 1.89. The van der Waals surface area contributed by atoms with Crippen LogP contribution in [-0.4, -0.2) is 18.1 Å². The molecule has 3 nitrogen and oxygen atoms in total. The van der Waals surface area contributed by atoms with Crippen LogP contribution in [0.4, 0.5) is 0 Å². The van der Waals surface area contributed by atoms with Crippen LogP contribution in [0.15, 0.2) is 5.16 Å². The second kappa shape index (κ2) is 3.29. The van der Waals surface area contributed by atoms with Gasteiger partial charge in [-0.3, -0.25) is 0 Å². The van der Waals surface area contributed by atoms with Crippen LogP contribution in [0, 0.1) is 5.92 Å². The zero-order valence-corrected chi connectivity index (χ0v) is 5.47. The Labute approximate surface area is 49.4 Å². The molecule has 0 atom stereocenters. The molecule has 0 amide bonds. The molecule has 0 radical (unpaired) electrons. The highest BCUT2D eigenvalue weighted by molar-refractivity contribution is 5.82. The van der Waals surface area contributed by atoms with Crippen molar-refractivity contribution in [3.05, 3.63) is 0 Å². The van der Waals surface area contributed by atoms with E-state index in [4.69, 9.17) is 5.21 Å². The van der Waals surface area contributed by atoms with Crippen LogP contribution in [0.2, 0.25) is 0 Å². The zero-order chi connectivity index (χ0) is 6.57. The first-order valence-corrected chi connectivity index (χ1v) is 2.62. The van der Waals surface area contributed by atoms with Gasteiger partial charge >= 0.3 is 0 Å². The molecule has 0 aliphatic heterocycles. The summed E-state index contributed by atoms with van der Waals surface area (Å²) in [5, 5.41) is 14.0. The van der Waals surface area contributed by atoms with E-state index >= 15 is 0 Å². The molecule has 0 aromatic heterocycles. The Balaban J connectivity index is 3.72. The third-order valence-corrected chi connectivity index (χ3v) is 0.911. The van der Waals surface area contributed by atoms with E-state index in [0.717, 1.165) is 0 Å². The molecule has 2 N–H and O–H groups in total. The SMILES string of the molecule is CN/C(=N\O)C(C)C. The molecule has 8 heavy (non-hydrogen) atoms. The first-order chi connectivity index (χ1) is 3.72. The first-order valence-electron chi connectivity index (χ1n) is 2.62. The van der Waals surface area contributed by atoms with Gasteiger partial charge in [-0.15, -0.1) is 0 Å². The van der Waals surface area contributed by atoms with Crippen molar-refractivity contribution >= 4 is 5.84 Å². The highest BCUT2D eigenvalue weighted by atomic mass is 16.4. The van der Waals surface area contributed by atoms with Crippen molar-refractivity contribution in [1.82, 2.24) is 5.32 Å². The Morgan fingerprint density at radius 1 is 1.62 bits per heavy atom. The maximum absolute atomic E-state index is 8.22. The Morgan fingerprint density at radius 3 is 2.12 bits per heavy atom. The van der Waals surface area contributed by atoms with Crippen LogP contribution in [0.5, 0.6) is 0 Å². The zero-order valence-electron chi connectivity index (χ0n) is 5.47. The number of hydrogen-bond acceptors (Lipinski definition) is 2. The lowest BCUT2D eigenvalue weighted by Crippen LogP contribution is -2.23. The quantitative estimate of drug-likeness (QED) is 0.229. The summed E-state index contributed by atoms with van der Waals surface area (Å²) in [5.74, 6) is 0.884. The molecule has 0 unspecified atom stereocenters. The van der Waals surface area contributed by atoms with Crippen LogP contribution >= 0.6 is 0 Å². The van der Waals surface area contributed by atoms with Crippen LogP contribution in [0.25, 0.3) is 0 Å². The molecular weight excluding hydrogens is 104 g/mol. The average Bonchev–Trinajstić information content (AvgIpc) is 1.69. The number of nitrogens with zero attached hydrogens (tertiary/aromatic N) is 1. The minimum absolute atomic E-state index is 0.269. The topological polar surface area (TPSA) is 44.6 Å². The second-order valence-electron chi connectivity index (χ2n) is 1.89. The lowest BCUT2D eigenvalue weighted by atomic mass is 10.2. The normalized spacial score (nSPS) is 12.2. The summed E-state index contributed by atoms with van der Waals surface area (Å²) in [4.78, 5) is 0. The van der Waals surface area contributed by atoms with Gasteiger partial charge in [0.05, 0.1) is 0 Å². The van der Waals surface area contributed by atoms with E-state index in [0.29, 0.717) is 5.84 Å². The molecule has 0 bridgehead atoms.